The molecule has 0 saturated heterocycles. The van der Waals surface area contributed by atoms with Crippen molar-refractivity contribution in [3.63, 3.8) is 0 Å². The molecule has 1 N–H and O–H groups in total. The third kappa shape index (κ3) is 4.11. The smallest absolute Gasteiger partial charge is 0.342 e. The number of rotatable bonds is 5. The maximum atomic E-state index is 12.7. The zero-order chi connectivity index (χ0) is 20.3. The molecule has 0 bridgehead atoms. The van der Waals surface area contributed by atoms with Crippen molar-refractivity contribution in [1.29, 1.82) is 0 Å². The van der Waals surface area contributed by atoms with Crippen LogP contribution in [0.5, 0.6) is 0 Å². The Kier molecular flexibility index (Phi) is 5.59. The Morgan fingerprint density at radius 3 is 2.29 bits per heavy atom. The molecule has 28 heavy (non-hydrogen) atoms. The van der Waals surface area contributed by atoms with Gasteiger partial charge in [0.15, 0.2) is 6.10 Å². The first-order chi connectivity index (χ1) is 13.4. The van der Waals surface area contributed by atoms with Crippen LogP contribution < -0.4 is 5.32 Å². The lowest BCUT2D eigenvalue weighted by atomic mass is 10.2. The van der Waals surface area contributed by atoms with Gasteiger partial charge in [-0.3, -0.25) is 4.79 Å². The molecule has 1 aromatic heterocycles. The van der Waals surface area contributed by atoms with Gasteiger partial charge >= 0.3 is 5.97 Å². The van der Waals surface area contributed by atoms with E-state index in [1.807, 2.05) is 49.4 Å². The van der Waals surface area contributed by atoms with Crippen molar-refractivity contribution >= 4 is 17.6 Å². The molecule has 0 aliphatic rings. The minimum Gasteiger partial charge on any atom is -0.449 e. The standard InChI is InChI=1S/C22H23N3O3/c1-14-10-12-18(13-11-14)23-21(26)17(4)28-22(27)20-15(2)24-25(16(20)3)19-8-6-5-7-9-19/h5-13,17H,1-4H3,(H,23,26)/t17-/m0/s1. The first-order valence-electron chi connectivity index (χ1n) is 9.07. The van der Waals surface area contributed by atoms with Gasteiger partial charge in [-0.05, 0) is 52.0 Å². The third-order valence-corrected chi connectivity index (χ3v) is 4.47. The van der Waals surface area contributed by atoms with E-state index in [9.17, 15) is 9.59 Å². The number of anilines is 1. The van der Waals surface area contributed by atoms with Gasteiger partial charge in [0.2, 0.25) is 0 Å². The molecular formula is C22H23N3O3. The Bertz CT molecular complexity index is 992. The summed E-state index contributed by atoms with van der Waals surface area (Å²) in [5.41, 5.74) is 4.20. The van der Waals surface area contributed by atoms with Crippen molar-refractivity contribution < 1.29 is 14.3 Å². The Labute approximate surface area is 164 Å². The van der Waals surface area contributed by atoms with Gasteiger partial charge in [0.05, 0.1) is 17.1 Å². The second-order valence-corrected chi connectivity index (χ2v) is 6.70. The van der Waals surface area contributed by atoms with Crippen molar-refractivity contribution in [1.82, 2.24) is 9.78 Å². The summed E-state index contributed by atoms with van der Waals surface area (Å²) in [5.74, 6) is -0.952. The largest absolute Gasteiger partial charge is 0.449 e. The molecule has 1 amide bonds. The average Bonchev–Trinajstić information content (AvgIpc) is 2.98. The van der Waals surface area contributed by atoms with Crippen molar-refractivity contribution in [2.24, 2.45) is 0 Å². The molecule has 0 unspecified atom stereocenters. The van der Waals surface area contributed by atoms with E-state index in [0.29, 0.717) is 22.6 Å². The summed E-state index contributed by atoms with van der Waals surface area (Å²) in [4.78, 5) is 25.0. The fourth-order valence-corrected chi connectivity index (χ4v) is 2.91. The minimum absolute atomic E-state index is 0.374. The molecule has 144 valence electrons. The van der Waals surface area contributed by atoms with Crippen molar-refractivity contribution in [3.8, 4) is 5.69 Å². The molecule has 0 spiro atoms. The van der Waals surface area contributed by atoms with Crippen LogP contribution in [0.4, 0.5) is 5.69 Å². The molecule has 0 saturated carbocycles. The summed E-state index contributed by atoms with van der Waals surface area (Å²) in [7, 11) is 0. The monoisotopic (exact) mass is 377 g/mol. The van der Waals surface area contributed by atoms with E-state index in [0.717, 1.165) is 11.3 Å². The summed E-state index contributed by atoms with van der Waals surface area (Å²) >= 11 is 0. The SMILES string of the molecule is Cc1ccc(NC(=O)[C@H](C)OC(=O)c2c(C)nn(-c3ccccc3)c2C)cc1. The van der Waals surface area contributed by atoms with E-state index in [-0.39, 0.29) is 5.91 Å². The van der Waals surface area contributed by atoms with Crippen LogP contribution in [-0.4, -0.2) is 27.8 Å². The highest BCUT2D eigenvalue weighted by molar-refractivity contribution is 5.98. The number of nitrogens with one attached hydrogen (secondary N) is 1. The Balaban J connectivity index is 1.73. The summed E-state index contributed by atoms with van der Waals surface area (Å²) in [5, 5.41) is 7.19. The number of ether oxygens (including phenoxy) is 1. The normalized spacial score (nSPS) is 11.7. The molecule has 0 fully saturated rings. The van der Waals surface area contributed by atoms with Crippen molar-refractivity contribution in [2.45, 2.75) is 33.8 Å². The number of nitrogens with zero attached hydrogens (tertiary/aromatic N) is 2. The minimum atomic E-state index is -0.937. The summed E-state index contributed by atoms with van der Waals surface area (Å²) < 4.78 is 7.10. The fourth-order valence-electron chi connectivity index (χ4n) is 2.91. The van der Waals surface area contributed by atoms with Crippen LogP contribution in [0.15, 0.2) is 54.6 Å². The quantitative estimate of drug-likeness (QED) is 0.683. The highest BCUT2D eigenvalue weighted by atomic mass is 16.5. The second-order valence-electron chi connectivity index (χ2n) is 6.70. The van der Waals surface area contributed by atoms with Gasteiger partial charge in [-0.1, -0.05) is 35.9 Å². The number of aryl methyl sites for hydroxylation is 2. The molecule has 6 nitrogen and oxygen atoms in total. The lowest BCUT2D eigenvalue weighted by Crippen LogP contribution is -2.30. The molecule has 6 heteroatoms. The van der Waals surface area contributed by atoms with Gasteiger partial charge in [-0.15, -0.1) is 0 Å². The van der Waals surface area contributed by atoms with Gasteiger partial charge in [0, 0.05) is 5.69 Å². The van der Waals surface area contributed by atoms with Crippen LogP contribution >= 0.6 is 0 Å². The summed E-state index contributed by atoms with van der Waals surface area (Å²) in [6, 6.07) is 17.0. The number of aromatic nitrogens is 2. The molecule has 1 atom stereocenters. The number of amides is 1. The molecule has 3 rings (SSSR count). The van der Waals surface area contributed by atoms with Gasteiger partial charge in [-0.2, -0.15) is 5.10 Å². The average molecular weight is 377 g/mol. The number of para-hydroxylation sites is 1. The molecule has 2 aromatic carbocycles. The summed E-state index contributed by atoms with van der Waals surface area (Å²) in [6.07, 6.45) is -0.937. The maximum absolute atomic E-state index is 12.7. The maximum Gasteiger partial charge on any atom is 0.342 e. The van der Waals surface area contributed by atoms with E-state index in [1.165, 1.54) is 0 Å². The topological polar surface area (TPSA) is 73.2 Å². The molecule has 0 radical (unpaired) electrons. The van der Waals surface area contributed by atoms with Gasteiger partial charge in [0.1, 0.15) is 5.56 Å². The number of esters is 1. The molecule has 1 heterocycles. The zero-order valence-electron chi connectivity index (χ0n) is 16.4. The van der Waals surface area contributed by atoms with E-state index < -0.39 is 12.1 Å². The second kappa shape index (κ2) is 8.08. The number of hydrogen-bond acceptors (Lipinski definition) is 4. The number of benzene rings is 2. The van der Waals surface area contributed by atoms with Crippen LogP contribution in [0.3, 0.4) is 0 Å². The molecule has 0 aliphatic carbocycles. The number of carbonyl (C=O) groups excluding carboxylic acids is 2. The van der Waals surface area contributed by atoms with Crippen LogP contribution in [-0.2, 0) is 9.53 Å². The van der Waals surface area contributed by atoms with Gasteiger partial charge in [-0.25, -0.2) is 9.48 Å². The highest BCUT2D eigenvalue weighted by Crippen LogP contribution is 2.19. The highest BCUT2D eigenvalue weighted by Gasteiger charge is 2.25. The van der Waals surface area contributed by atoms with E-state index in [1.54, 1.807) is 37.6 Å². The lowest BCUT2D eigenvalue weighted by Gasteiger charge is -2.14. The lowest BCUT2D eigenvalue weighted by molar-refractivity contribution is -0.123. The summed E-state index contributed by atoms with van der Waals surface area (Å²) in [6.45, 7) is 7.07. The first-order valence-corrected chi connectivity index (χ1v) is 9.07. The van der Waals surface area contributed by atoms with Crippen LogP contribution in [0, 0.1) is 20.8 Å². The Hall–Kier alpha value is -3.41. The van der Waals surface area contributed by atoms with Crippen LogP contribution in [0.2, 0.25) is 0 Å². The Morgan fingerprint density at radius 1 is 1.00 bits per heavy atom. The predicted octanol–water partition coefficient (Wildman–Crippen LogP) is 3.98. The van der Waals surface area contributed by atoms with E-state index >= 15 is 0 Å². The predicted molar refractivity (Wildman–Crippen MR) is 108 cm³/mol. The van der Waals surface area contributed by atoms with Crippen molar-refractivity contribution in [3.05, 3.63) is 77.1 Å². The third-order valence-electron chi connectivity index (χ3n) is 4.47. The van der Waals surface area contributed by atoms with Crippen LogP contribution in [0.1, 0.15) is 34.2 Å². The van der Waals surface area contributed by atoms with E-state index in [2.05, 4.69) is 10.4 Å². The van der Waals surface area contributed by atoms with Crippen molar-refractivity contribution in [2.75, 3.05) is 5.32 Å². The molecular weight excluding hydrogens is 354 g/mol. The number of hydrogen-bond donors (Lipinski definition) is 1. The van der Waals surface area contributed by atoms with Gasteiger partial charge < -0.3 is 10.1 Å². The zero-order valence-corrected chi connectivity index (χ0v) is 16.4. The molecule has 3 aromatic rings. The van der Waals surface area contributed by atoms with Crippen LogP contribution in [0.25, 0.3) is 5.69 Å². The first kappa shape index (κ1) is 19.4. The van der Waals surface area contributed by atoms with Gasteiger partial charge in [0.25, 0.3) is 5.91 Å². The Morgan fingerprint density at radius 2 is 1.64 bits per heavy atom. The number of carbonyl (C=O) groups is 2. The molecule has 0 aliphatic heterocycles. The van der Waals surface area contributed by atoms with E-state index in [4.69, 9.17) is 4.74 Å². The fraction of sp³-hybridized carbons (Fsp3) is 0.227.